The standard InChI is InChI=1S/C18H17N3O4/c1-23-11-16(22)19-14-5-3-4-13(10-14)18-20-17(21-25-18)12-6-8-15(24-2)9-7-12/h3-10H,11H2,1-2H3,(H,19,22). The summed E-state index contributed by atoms with van der Waals surface area (Å²) in [6.45, 7) is -0.00754. The quantitative estimate of drug-likeness (QED) is 0.743. The fourth-order valence-corrected chi connectivity index (χ4v) is 2.26. The number of aromatic nitrogens is 2. The number of carbonyl (C=O) groups is 1. The van der Waals surface area contributed by atoms with E-state index in [0.29, 0.717) is 23.0 Å². The third kappa shape index (κ3) is 4.02. The van der Waals surface area contributed by atoms with Crippen LogP contribution in [-0.4, -0.2) is 36.9 Å². The summed E-state index contributed by atoms with van der Waals surface area (Å²) in [4.78, 5) is 16.0. The molecule has 0 saturated heterocycles. The van der Waals surface area contributed by atoms with E-state index in [9.17, 15) is 4.79 Å². The summed E-state index contributed by atoms with van der Waals surface area (Å²) in [7, 11) is 3.08. The molecule has 7 heteroatoms. The Balaban J connectivity index is 1.80. The van der Waals surface area contributed by atoms with Gasteiger partial charge in [-0.2, -0.15) is 4.98 Å². The van der Waals surface area contributed by atoms with Gasteiger partial charge in [-0.1, -0.05) is 11.2 Å². The Hall–Kier alpha value is -3.19. The second-order valence-corrected chi connectivity index (χ2v) is 5.21. The first-order valence-corrected chi connectivity index (χ1v) is 7.57. The van der Waals surface area contributed by atoms with Gasteiger partial charge in [0.1, 0.15) is 12.4 Å². The molecule has 0 aliphatic heterocycles. The summed E-state index contributed by atoms with van der Waals surface area (Å²) in [5.74, 6) is 1.37. The maximum atomic E-state index is 11.6. The molecule has 3 rings (SSSR count). The maximum absolute atomic E-state index is 11.6. The average Bonchev–Trinajstić information content (AvgIpc) is 3.12. The van der Waals surface area contributed by atoms with E-state index in [4.69, 9.17) is 14.0 Å². The lowest BCUT2D eigenvalue weighted by Gasteiger charge is -2.05. The minimum atomic E-state index is -0.232. The van der Waals surface area contributed by atoms with Crippen molar-refractivity contribution in [2.24, 2.45) is 0 Å². The predicted molar refractivity (Wildman–Crippen MR) is 92.2 cm³/mol. The van der Waals surface area contributed by atoms with Crippen LogP contribution in [0.1, 0.15) is 0 Å². The van der Waals surface area contributed by atoms with Crippen molar-refractivity contribution < 1.29 is 18.8 Å². The molecule has 0 fully saturated rings. The molecule has 1 heterocycles. The topological polar surface area (TPSA) is 86.5 Å². The minimum absolute atomic E-state index is 0.00754. The lowest BCUT2D eigenvalue weighted by atomic mass is 10.2. The second kappa shape index (κ2) is 7.59. The van der Waals surface area contributed by atoms with E-state index in [2.05, 4.69) is 15.5 Å². The lowest BCUT2D eigenvalue weighted by Crippen LogP contribution is -2.16. The summed E-state index contributed by atoms with van der Waals surface area (Å²) < 4.78 is 15.3. The van der Waals surface area contributed by atoms with Crippen LogP contribution in [0.2, 0.25) is 0 Å². The summed E-state index contributed by atoms with van der Waals surface area (Å²) in [6, 6.07) is 14.5. The van der Waals surface area contributed by atoms with Crippen LogP contribution < -0.4 is 10.1 Å². The summed E-state index contributed by atoms with van der Waals surface area (Å²) in [5, 5.41) is 6.74. The van der Waals surface area contributed by atoms with E-state index < -0.39 is 0 Å². The third-order valence-electron chi connectivity index (χ3n) is 3.44. The molecule has 0 saturated carbocycles. The van der Waals surface area contributed by atoms with Crippen molar-refractivity contribution in [3.05, 3.63) is 48.5 Å². The van der Waals surface area contributed by atoms with E-state index >= 15 is 0 Å². The molecule has 0 aliphatic rings. The normalized spacial score (nSPS) is 10.5. The summed E-state index contributed by atoms with van der Waals surface area (Å²) >= 11 is 0. The first-order chi connectivity index (χ1) is 12.2. The number of carbonyl (C=O) groups excluding carboxylic acids is 1. The van der Waals surface area contributed by atoms with Crippen LogP contribution in [-0.2, 0) is 9.53 Å². The fourth-order valence-electron chi connectivity index (χ4n) is 2.26. The Morgan fingerprint density at radius 3 is 2.64 bits per heavy atom. The molecule has 0 unspecified atom stereocenters. The zero-order valence-corrected chi connectivity index (χ0v) is 13.9. The van der Waals surface area contributed by atoms with E-state index in [-0.39, 0.29) is 12.5 Å². The molecule has 0 atom stereocenters. The van der Waals surface area contributed by atoms with Gasteiger partial charge in [-0.15, -0.1) is 0 Å². The molecule has 2 aromatic carbocycles. The van der Waals surface area contributed by atoms with Gasteiger partial charge in [0.25, 0.3) is 5.89 Å². The zero-order valence-electron chi connectivity index (χ0n) is 13.9. The number of nitrogens with one attached hydrogen (secondary N) is 1. The van der Waals surface area contributed by atoms with Gasteiger partial charge in [0.15, 0.2) is 0 Å². The number of ether oxygens (including phenoxy) is 2. The number of methoxy groups -OCH3 is 2. The maximum Gasteiger partial charge on any atom is 0.258 e. The molecule has 0 aliphatic carbocycles. The monoisotopic (exact) mass is 339 g/mol. The molecule has 0 bridgehead atoms. The van der Waals surface area contributed by atoms with Crippen LogP contribution in [0.15, 0.2) is 53.1 Å². The van der Waals surface area contributed by atoms with Crippen LogP contribution in [0, 0.1) is 0 Å². The van der Waals surface area contributed by atoms with Gasteiger partial charge in [-0.05, 0) is 42.5 Å². The number of rotatable bonds is 6. The average molecular weight is 339 g/mol. The Kier molecular flexibility index (Phi) is 5.06. The molecule has 0 radical (unpaired) electrons. The molecule has 128 valence electrons. The fraction of sp³-hybridized carbons (Fsp3) is 0.167. The van der Waals surface area contributed by atoms with Crippen molar-refractivity contribution in [1.82, 2.24) is 10.1 Å². The second-order valence-electron chi connectivity index (χ2n) is 5.21. The van der Waals surface area contributed by atoms with E-state index in [1.165, 1.54) is 7.11 Å². The highest BCUT2D eigenvalue weighted by atomic mass is 16.5. The van der Waals surface area contributed by atoms with Crippen LogP contribution >= 0.6 is 0 Å². The highest BCUT2D eigenvalue weighted by Crippen LogP contribution is 2.25. The Morgan fingerprint density at radius 1 is 1.12 bits per heavy atom. The van der Waals surface area contributed by atoms with Crippen molar-refractivity contribution in [2.45, 2.75) is 0 Å². The summed E-state index contributed by atoms with van der Waals surface area (Å²) in [6.07, 6.45) is 0. The highest BCUT2D eigenvalue weighted by molar-refractivity contribution is 5.92. The highest BCUT2D eigenvalue weighted by Gasteiger charge is 2.12. The molecule has 25 heavy (non-hydrogen) atoms. The number of amides is 1. The van der Waals surface area contributed by atoms with Crippen LogP contribution in [0.25, 0.3) is 22.8 Å². The molecular formula is C18H17N3O4. The SMILES string of the molecule is COCC(=O)Nc1cccc(-c2nc(-c3ccc(OC)cc3)no2)c1. The number of hydrogen-bond donors (Lipinski definition) is 1. The number of benzene rings is 2. The van der Waals surface area contributed by atoms with Gasteiger partial charge >= 0.3 is 0 Å². The van der Waals surface area contributed by atoms with Crippen molar-refractivity contribution in [2.75, 3.05) is 26.1 Å². The Morgan fingerprint density at radius 2 is 1.92 bits per heavy atom. The predicted octanol–water partition coefficient (Wildman–Crippen LogP) is 3.00. The first-order valence-electron chi connectivity index (χ1n) is 7.57. The van der Waals surface area contributed by atoms with Crippen molar-refractivity contribution >= 4 is 11.6 Å². The van der Waals surface area contributed by atoms with E-state index in [1.54, 1.807) is 25.3 Å². The number of anilines is 1. The Labute approximate surface area is 144 Å². The molecule has 3 aromatic rings. The Bertz CT molecular complexity index is 859. The van der Waals surface area contributed by atoms with Crippen LogP contribution in [0.3, 0.4) is 0 Å². The number of nitrogens with zero attached hydrogens (tertiary/aromatic N) is 2. The van der Waals surface area contributed by atoms with Gasteiger partial charge in [-0.25, -0.2) is 0 Å². The van der Waals surface area contributed by atoms with Gasteiger partial charge in [0.2, 0.25) is 11.7 Å². The molecule has 0 spiro atoms. The third-order valence-corrected chi connectivity index (χ3v) is 3.44. The smallest absolute Gasteiger partial charge is 0.258 e. The van der Waals surface area contributed by atoms with Gasteiger partial charge in [0, 0.05) is 23.9 Å². The van der Waals surface area contributed by atoms with Crippen LogP contribution in [0.5, 0.6) is 5.75 Å². The lowest BCUT2D eigenvalue weighted by molar-refractivity contribution is -0.119. The molecule has 1 N–H and O–H groups in total. The molecular weight excluding hydrogens is 322 g/mol. The van der Waals surface area contributed by atoms with Crippen molar-refractivity contribution in [3.8, 4) is 28.6 Å². The number of hydrogen-bond acceptors (Lipinski definition) is 6. The molecule has 7 nitrogen and oxygen atoms in total. The van der Waals surface area contributed by atoms with Crippen molar-refractivity contribution in [1.29, 1.82) is 0 Å². The first kappa shape index (κ1) is 16.7. The molecule has 1 amide bonds. The largest absolute Gasteiger partial charge is 0.497 e. The van der Waals surface area contributed by atoms with Gasteiger partial charge < -0.3 is 19.3 Å². The van der Waals surface area contributed by atoms with Crippen LogP contribution in [0.4, 0.5) is 5.69 Å². The molecule has 1 aromatic heterocycles. The van der Waals surface area contributed by atoms with E-state index in [1.807, 2.05) is 30.3 Å². The van der Waals surface area contributed by atoms with Crippen molar-refractivity contribution in [3.63, 3.8) is 0 Å². The van der Waals surface area contributed by atoms with Gasteiger partial charge in [0.05, 0.1) is 7.11 Å². The van der Waals surface area contributed by atoms with E-state index in [0.717, 1.165) is 11.3 Å². The minimum Gasteiger partial charge on any atom is -0.497 e. The van der Waals surface area contributed by atoms with Gasteiger partial charge in [-0.3, -0.25) is 4.79 Å². The summed E-state index contributed by atoms with van der Waals surface area (Å²) in [5.41, 5.74) is 2.16. The zero-order chi connectivity index (χ0) is 17.6.